The first kappa shape index (κ1) is 14.5. The highest BCUT2D eigenvalue weighted by Gasteiger charge is 2.11. The summed E-state index contributed by atoms with van der Waals surface area (Å²) in [6.45, 7) is 0. The lowest BCUT2D eigenvalue weighted by Crippen LogP contribution is -2.12. The Morgan fingerprint density at radius 2 is 2.04 bits per heavy atom. The highest BCUT2D eigenvalue weighted by Crippen LogP contribution is 2.26. The van der Waals surface area contributed by atoms with Gasteiger partial charge in [-0.1, -0.05) is 18.2 Å². The van der Waals surface area contributed by atoms with Crippen LogP contribution in [0.5, 0.6) is 0 Å². The molecule has 0 aliphatic carbocycles. The third-order valence-corrected chi connectivity index (χ3v) is 4.18. The highest BCUT2D eigenvalue weighted by molar-refractivity contribution is 7.07. The van der Waals surface area contributed by atoms with Crippen LogP contribution in [0, 0.1) is 0 Å². The van der Waals surface area contributed by atoms with Gasteiger partial charge >= 0.3 is 0 Å². The van der Waals surface area contributed by atoms with Crippen LogP contribution in [0.3, 0.4) is 0 Å². The number of hydrogen-bond donors (Lipinski definition) is 1. The Morgan fingerprint density at radius 1 is 1.08 bits per heavy atom. The van der Waals surface area contributed by atoms with Crippen LogP contribution in [0.25, 0.3) is 22.2 Å². The number of carbonyl (C=O) groups is 1. The molecule has 0 aliphatic heterocycles. The van der Waals surface area contributed by atoms with Gasteiger partial charge in [-0.05, 0) is 24.3 Å². The molecular weight excluding hydrogens is 320 g/mol. The van der Waals surface area contributed by atoms with E-state index < -0.39 is 0 Å². The van der Waals surface area contributed by atoms with Gasteiger partial charge in [-0.15, -0.1) is 11.3 Å². The fraction of sp³-hybridized carbons (Fsp3) is 0. The molecule has 0 bridgehead atoms. The van der Waals surface area contributed by atoms with E-state index in [0.29, 0.717) is 11.4 Å². The predicted molar refractivity (Wildman–Crippen MR) is 95.0 cm³/mol. The van der Waals surface area contributed by atoms with E-state index in [0.717, 1.165) is 22.2 Å². The molecule has 0 unspecified atom stereocenters. The van der Waals surface area contributed by atoms with Crippen molar-refractivity contribution in [3.63, 3.8) is 0 Å². The fourth-order valence-corrected chi connectivity index (χ4v) is 2.97. The van der Waals surface area contributed by atoms with Crippen molar-refractivity contribution in [3.05, 3.63) is 71.4 Å². The first-order valence-electron chi connectivity index (χ1n) is 7.31. The Bertz CT molecular complexity index is 1000. The Morgan fingerprint density at radius 3 is 2.83 bits per heavy atom. The quantitative estimate of drug-likeness (QED) is 0.615. The van der Waals surface area contributed by atoms with Crippen molar-refractivity contribution in [3.8, 4) is 11.3 Å². The second-order valence-electron chi connectivity index (χ2n) is 5.14. The maximum absolute atomic E-state index is 12.3. The molecule has 4 aromatic rings. The molecule has 24 heavy (non-hydrogen) atoms. The van der Waals surface area contributed by atoms with Gasteiger partial charge in [0.2, 0.25) is 0 Å². The molecule has 1 N–H and O–H groups in total. The Kier molecular flexibility index (Phi) is 3.72. The monoisotopic (exact) mass is 332 g/mol. The molecule has 0 spiro atoms. The minimum absolute atomic E-state index is 0.239. The number of thiazole rings is 1. The van der Waals surface area contributed by atoms with Crippen molar-refractivity contribution in [1.29, 1.82) is 0 Å². The summed E-state index contributed by atoms with van der Waals surface area (Å²) >= 11 is 1.39. The van der Waals surface area contributed by atoms with Crippen LogP contribution in [-0.2, 0) is 0 Å². The molecule has 0 aliphatic rings. The Hall–Kier alpha value is -3.12. The van der Waals surface area contributed by atoms with Gasteiger partial charge < -0.3 is 5.32 Å². The van der Waals surface area contributed by atoms with Crippen LogP contribution in [-0.4, -0.2) is 20.9 Å². The molecule has 6 heteroatoms. The van der Waals surface area contributed by atoms with E-state index in [1.165, 1.54) is 11.3 Å². The number of rotatable bonds is 3. The molecule has 4 rings (SSSR count). The maximum Gasteiger partial charge on any atom is 0.275 e. The van der Waals surface area contributed by atoms with E-state index in [9.17, 15) is 4.79 Å². The first-order valence-corrected chi connectivity index (χ1v) is 8.25. The maximum atomic E-state index is 12.3. The number of aromatic nitrogens is 3. The number of pyridine rings is 2. The number of nitrogens with one attached hydrogen (secondary N) is 1. The third-order valence-electron chi connectivity index (χ3n) is 3.59. The number of para-hydroxylation sites is 1. The summed E-state index contributed by atoms with van der Waals surface area (Å²) in [6.07, 6.45) is 3.49. The average Bonchev–Trinajstić information content (AvgIpc) is 3.17. The molecular formula is C18H12N4OS. The lowest BCUT2D eigenvalue weighted by Gasteiger charge is -2.09. The fourth-order valence-electron chi connectivity index (χ4n) is 2.43. The Labute approximate surface area is 142 Å². The van der Waals surface area contributed by atoms with E-state index >= 15 is 0 Å². The van der Waals surface area contributed by atoms with E-state index in [1.54, 1.807) is 23.3 Å². The van der Waals surface area contributed by atoms with Crippen LogP contribution in [0.15, 0.2) is 65.7 Å². The number of benzene rings is 1. The van der Waals surface area contributed by atoms with Crippen molar-refractivity contribution < 1.29 is 4.79 Å². The molecule has 3 heterocycles. The largest absolute Gasteiger partial charge is 0.319 e. The van der Waals surface area contributed by atoms with Gasteiger partial charge in [0.25, 0.3) is 5.91 Å². The lowest BCUT2D eigenvalue weighted by atomic mass is 10.1. The summed E-state index contributed by atoms with van der Waals surface area (Å²) in [5.41, 5.74) is 5.18. The number of carbonyl (C=O) groups excluding carboxylic acids is 1. The minimum atomic E-state index is -0.239. The van der Waals surface area contributed by atoms with Gasteiger partial charge in [0, 0.05) is 28.7 Å². The van der Waals surface area contributed by atoms with Crippen LogP contribution in [0.2, 0.25) is 0 Å². The summed E-state index contributed by atoms with van der Waals surface area (Å²) < 4.78 is 0. The van der Waals surface area contributed by atoms with Crippen molar-refractivity contribution in [2.24, 2.45) is 0 Å². The molecule has 0 fully saturated rings. The molecule has 0 saturated carbocycles. The second kappa shape index (κ2) is 6.17. The number of amides is 1. The van der Waals surface area contributed by atoms with Crippen LogP contribution < -0.4 is 5.32 Å². The summed E-state index contributed by atoms with van der Waals surface area (Å²) in [7, 11) is 0. The van der Waals surface area contributed by atoms with Crippen LogP contribution in [0.4, 0.5) is 5.69 Å². The van der Waals surface area contributed by atoms with Crippen molar-refractivity contribution in [2.75, 3.05) is 5.32 Å². The molecule has 0 atom stereocenters. The zero-order chi connectivity index (χ0) is 16.4. The molecule has 0 saturated heterocycles. The number of fused-ring (bicyclic) bond motifs is 1. The SMILES string of the molecule is O=C(Nc1cccc2ccc(-c3cccnc3)nc12)c1cscn1. The van der Waals surface area contributed by atoms with Gasteiger partial charge in [0.15, 0.2) is 0 Å². The summed E-state index contributed by atoms with van der Waals surface area (Å²) in [5.74, 6) is -0.239. The van der Waals surface area contributed by atoms with Gasteiger partial charge in [-0.25, -0.2) is 9.97 Å². The van der Waals surface area contributed by atoms with Gasteiger partial charge in [0.05, 0.1) is 22.4 Å². The topological polar surface area (TPSA) is 67.8 Å². The molecule has 1 aromatic carbocycles. The van der Waals surface area contributed by atoms with Gasteiger partial charge in [-0.2, -0.15) is 0 Å². The van der Waals surface area contributed by atoms with Crippen molar-refractivity contribution in [2.45, 2.75) is 0 Å². The number of anilines is 1. The van der Waals surface area contributed by atoms with E-state index in [4.69, 9.17) is 4.98 Å². The van der Waals surface area contributed by atoms with Gasteiger partial charge in [-0.3, -0.25) is 9.78 Å². The van der Waals surface area contributed by atoms with Crippen LogP contribution >= 0.6 is 11.3 Å². The standard InChI is InChI=1S/C18H12N4OS/c23-18(16-10-24-11-20-16)22-15-5-1-3-12-6-7-14(21-17(12)15)13-4-2-8-19-9-13/h1-11H,(H,22,23). The summed E-state index contributed by atoms with van der Waals surface area (Å²) in [6, 6.07) is 13.5. The number of hydrogen-bond acceptors (Lipinski definition) is 5. The molecule has 1 amide bonds. The second-order valence-corrected chi connectivity index (χ2v) is 5.86. The van der Waals surface area contributed by atoms with E-state index in [-0.39, 0.29) is 5.91 Å². The Balaban J connectivity index is 1.77. The van der Waals surface area contributed by atoms with E-state index in [2.05, 4.69) is 15.3 Å². The van der Waals surface area contributed by atoms with Crippen LogP contribution in [0.1, 0.15) is 10.5 Å². The summed E-state index contributed by atoms with van der Waals surface area (Å²) in [4.78, 5) is 25.1. The average molecular weight is 332 g/mol. The first-order chi connectivity index (χ1) is 11.8. The zero-order valence-corrected chi connectivity index (χ0v) is 13.3. The molecule has 5 nitrogen and oxygen atoms in total. The lowest BCUT2D eigenvalue weighted by molar-refractivity contribution is 0.102. The normalized spacial score (nSPS) is 10.7. The number of nitrogens with zero attached hydrogens (tertiary/aromatic N) is 3. The molecule has 3 aromatic heterocycles. The van der Waals surface area contributed by atoms with E-state index in [1.807, 2.05) is 42.5 Å². The van der Waals surface area contributed by atoms with Crippen molar-refractivity contribution >= 4 is 33.8 Å². The molecule has 0 radical (unpaired) electrons. The smallest absolute Gasteiger partial charge is 0.275 e. The molecule has 116 valence electrons. The minimum Gasteiger partial charge on any atom is -0.319 e. The summed E-state index contributed by atoms with van der Waals surface area (Å²) in [5, 5.41) is 5.57. The predicted octanol–water partition coefficient (Wildman–Crippen LogP) is 4.01. The third kappa shape index (κ3) is 2.75. The van der Waals surface area contributed by atoms with Gasteiger partial charge in [0.1, 0.15) is 5.69 Å². The van der Waals surface area contributed by atoms with Crippen molar-refractivity contribution in [1.82, 2.24) is 15.0 Å². The highest BCUT2D eigenvalue weighted by atomic mass is 32.1. The zero-order valence-electron chi connectivity index (χ0n) is 12.5.